The van der Waals surface area contributed by atoms with E-state index in [0.29, 0.717) is 25.9 Å². The van der Waals surface area contributed by atoms with Crippen LogP contribution in [-0.4, -0.2) is 47.9 Å². The third kappa shape index (κ3) is 8.73. The van der Waals surface area contributed by atoms with Crippen molar-refractivity contribution in [2.24, 2.45) is 0 Å². The summed E-state index contributed by atoms with van der Waals surface area (Å²) in [6, 6.07) is 19.3. The lowest BCUT2D eigenvalue weighted by Gasteiger charge is -2.27. The quantitative estimate of drug-likeness (QED) is 0.157. The molecule has 12 heteroatoms. The van der Waals surface area contributed by atoms with E-state index in [9.17, 15) is 23.1 Å². The standard InChI is InChI=1S/C28H31N3O5S4/c32-27(31(20-23-11-6-16-37-23)21-24-12-7-17-38-24)25(29-40(35,36)26-14-8-18-39-26)13-4-5-15-30(28(33)34)19-22-9-2-1-3-10-22/h1-3,6-12,14,16-18,25,29H,4-5,13,15,19-21H2,(H,33,34)/t25-/m0/s1. The Kier molecular flexibility index (Phi) is 10.9. The van der Waals surface area contributed by atoms with Crippen LogP contribution in [0.15, 0.2) is 87.1 Å². The Bertz CT molecular complexity index is 1390. The molecular weight excluding hydrogens is 587 g/mol. The number of benzene rings is 1. The molecule has 0 bridgehead atoms. The topological polar surface area (TPSA) is 107 Å². The van der Waals surface area contributed by atoms with Crippen LogP contribution < -0.4 is 4.72 Å². The van der Waals surface area contributed by atoms with Gasteiger partial charge in [-0.1, -0.05) is 48.5 Å². The highest BCUT2D eigenvalue weighted by molar-refractivity contribution is 7.91. The highest BCUT2D eigenvalue weighted by Gasteiger charge is 2.30. The van der Waals surface area contributed by atoms with Crippen molar-refractivity contribution in [2.45, 2.75) is 49.1 Å². The van der Waals surface area contributed by atoms with E-state index in [2.05, 4.69) is 4.72 Å². The minimum absolute atomic E-state index is 0.147. The van der Waals surface area contributed by atoms with E-state index >= 15 is 0 Å². The molecule has 3 aromatic heterocycles. The van der Waals surface area contributed by atoms with Crippen molar-refractivity contribution in [2.75, 3.05) is 6.54 Å². The number of hydrogen-bond acceptors (Lipinski definition) is 7. The Morgan fingerprint density at radius 3 is 1.95 bits per heavy atom. The third-order valence-electron chi connectivity index (χ3n) is 6.18. The zero-order valence-corrected chi connectivity index (χ0v) is 25.0. The average molecular weight is 618 g/mol. The number of thiophene rings is 3. The zero-order valence-electron chi connectivity index (χ0n) is 21.7. The van der Waals surface area contributed by atoms with Gasteiger partial charge < -0.3 is 14.9 Å². The fourth-order valence-corrected chi connectivity index (χ4v) is 7.88. The smallest absolute Gasteiger partial charge is 0.407 e. The van der Waals surface area contributed by atoms with Crippen molar-refractivity contribution >= 4 is 56.0 Å². The van der Waals surface area contributed by atoms with Crippen molar-refractivity contribution in [3.8, 4) is 0 Å². The van der Waals surface area contributed by atoms with Gasteiger partial charge in [-0.25, -0.2) is 13.2 Å². The average Bonchev–Trinajstić information content (AvgIpc) is 3.74. The van der Waals surface area contributed by atoms with Crippen LogP contribution in [0.5, 0.6) is 0 Å². The van der Waals surface area contributed by atoms with Gasteiger partial charge in [0.15, 0.2) is 0 Å². The number of nitrogens with one attached hydrogen (secondary N) is 1. The normalized spacial score (nSPS) is 12.2. The number of carbonyl (C=O) groups excluding carboxylic acids is 1. The Labute approximate surface area is 246 Å². The summed E-state index contributed by atoms with van der Waals surface area (Å²) in [6.07, 6.45) is 0.175. The maximum Gasteiger partial charge on any atom is 0.407 e. The molecule has 40 heavy (non-hydrogen) atoms. The fourth-order valence-electron chi connectivity index (χ4n) is 4.21. The van der Waals surface area contributed by atoms with Gasteiger partial charge in [0.2, 0.25) is 5.91 Å². The minimum atomic E-state index is -3.90. The zero-order chi connectivity index (χ0) is 28.4. The van der Waals surface area contributed by atoms with Gasteiger partial charge in [-0.05, 0) is 59.2 Å². The van der Waals surface area contributed by atoms with E-state index in [4.69, 9.17) is 0 Å². The Morgan fingerprint density at radius 2 is 1.40 bits per heavy atom. The van der Waals surface area contributed by atoms with Crippen molar-refractivity contribution < 1.29 is 23.1 Å². The van der Waals surface area contributed by atoms with Crippen LogP contribution in [0, 0.1) is 0 Å². The van der Waals surface area contributed by atoms with E-state index in [1.165, 1.54) is 11.0 Å². The molecule has 0 radical (unpaired) electrons. The number of amides is 2. The minimum Gasteiger partial charge on any atom is -0.465 e. The number of rotatable bonds is 15. The predicted molar refractivity (Wildman–Crippen MR) is 160 cm³/mol. The molecule has 0 saturated carbocycles. The molecule has 4 aromatic rings. The summed E-state index contributed by atoms with van der Waals surface area (Å²) in [5, 5.41) is 15.3. The van der Waals surface area contributed by atoms with E-state index < -0.39 is 22.2 Å². The first kappa shape index (κ1) is 29.9. The second kappa shape index (κ2) is 14.6. The monoisotopic (exact) mass is 617 g/mol. The maximum absolute atomic E-state index is 13.9. The summed E-state index contributed by atoms with van der Waals surface area (Å²) in [6.45, 7) is 1.28. The number of hydrogen-bond donors (Lipinski definition) is 2. The van der Waals surface area contributed by atoms with Crippen molar-refractivity contribution in [1.29, 1.82) is 0 Å². The molecule has 8 nitrogen and oxygen atoms in total. The van der Waals surface area contributed by atoms with Gasteiger partial charge in [-0.2, -0.15) is 4.72 Å². The molecule has 4 rings (SSSR count). The van der Waals surface area contributed by atoms with Crippen LogP contribution in [-0.2, 0) is 34.5 Å². The number of unbranched alkanes of at least 4 members (excludes halogenated alkanes) is 1. The SMILES string of the molecule is O=C(O)N(CCCC[C@H](NS(=O)(=O)c1cccs1)C(=O)N(Cc1cccs1)Cc1cccs1)Cc1ccccc1. The molecule has 0 fully saturated rings. The van der Waals surface area contributed by atoms with Crippen molar-refractivity contribution in [1.82, 2.24) is 14.5 Å². The second-order valence-electron chi connectivity index (χ2n) is 9.14. The third-order valence-corrected chi connectivity index (χ3v) is 10.8. The molecule has 0 aliphatic rings. The summed E-state index contributed by atoms with van der Waals surface area (Å²) >= 11 is 4.18. The lowest BCUT2D eigenvalue weighted by molar-refractivity contribution is -0.134. The summed E-state index contributed by atoms with van der Waals surface area (Å²) in [5.74, 6) is -0.304. The lowest BCUT2D eigenvalue weighted by Crippen LogP contribution is -2.47. The largest absolute Gasteiger partial charge is 0.465 e. The lowest BCUT2D eigenvalue weighted by atomic mass is 10.1. The van der Waals surface area contributed by atoms with Crippen LogP contribution >= 0.6 is 34.0 Å². The highest BCUT2D eigenvalue weighted by atomic mass is 32.2. The fraction of sp³-hybridized carbons (Fsp3) is 0.286. The summed E-state index contributed by atoms with van der Waals surface area (Å²) in [4.78, 5) is 30.8. The first-order valence-corrected chi connectivity index (χ1v) is 16.9. The molecule has 0 aliphatic carbocycles. The predicted octanol–water partition coefficient (Wildman–Crippen LogP) is 6.10. The van der Waals surface area contributed by atoms with E-state index in [1.54, 1.807) is 39.0 Å². The molecule has 0 aliphatic heterocycles. The second-order valence-corrected chi connectivity index (χ2v) is 14.1. The molecule has 0 saturated heterocycles. The van der Waals surface area contributed by atoms with Crippen LogP contribution in [0.4, 0.5) is 4.79 Å². The number of sulfonamides is 1. The summed E-state index contributed by atoms with van der Waals surface area (Å²) in [5.41, 5.74) is 0.888. The number of nitrogens with zero attached hydrogens (tertiary/aromatic N) is 2. The molecule has 2 amide bonds. The maximum atomic E-state index is 13.9. The number of carboxylic acid groups (broad SMARTS) is 1. The number of carbonyl (C=O) groups is 2. The summed E-state index contributed by atoms with van der Waals surface area (Å²) < 4.78 is 29.1. The van der Waals surface area contributed by atoms with E-state index in [-0.39, 0.29) is 29.6 Å². The first-order valence-electron chi connectivity index (χ1n) is 12.7. The summed E-state index contributed by atoms with van der Waals surface area (Å²) in [7, 11) is -3.90. The van der Waals surface area contributed by atoms with Crippen LogP contribution in [0.1, 0.15) is 34.6 Å². The van der Waals surface area contributed by atoms with Gasteiger partial charge >= 0.3 is 6.09 Å². The molecule has 0 spiro atoms. The van der Waals surface area contributed by atoms with E-state index in [1.807, 2.05) is 65.4 Å². The molecule has 1 aromatic carbocycles. The highest BCUT2D eigenvalue weighted by Crippen LogP contribution is 2.22. The van der Waals surface area contributed by atoms with Gasteiger partial charge in [0.05, 0.1) is 13.1 Å². The van der Waals surface area contributed by atoms with Gasteiger partial charge in [-0.3, -0.25) is 4.79 Å². The van der Waals surface area contributed by atoms with Crippen LogP contribution in [0.25, 0.3) is 0 Å². The van der Waals surface area contributed by atoms with Crippen molar-refractivity contribution in [3.63, 3.8) is 0 Å². The van der Waals surface area contributed by atoms with E-state index in [0.717, 1.165) is 26.7 Å². The Hall–Kier alpha value is -3.03. The van der Waals surface area contributed by atoms with Gasteiger partial charge in [0.25, 0.3) is 10.0 Å². The molecule has 212 valence electrons. The molecule has 0 unspecified atom stereocenters. The van der Waals surface area contributed by atoms with Gasteiger partial charge in [0.1, 0.15) is 10.3 Å². The first-order chi connectivity index (χ1) is 19.3. The Balaban J connectivity index is 1.47. The molecular formula is C28H31N3O5S4. The molecule has 1 atom stereocenters. The van der Waals surface area contributed by atoms with Gasteiger partial charge in [0, 0.05) is 22.8 Å². The van der Waals surface area contributed by atoms with Crippen molar-refractivity contribution in [3.05, 3.63) is 98.2 Å². The van der Waals surface area contributed by atoms with Crippen LogP contribution in [0.2, 0.25) is 0 Å². The Morgan fingerprint density at radius 1 is 0.775 bits per heavy atom. The van der Waals surface area contributed by atoms with Gasteiger partial charge in [-0.15, -0.1) is 34.0 Å². The molecule has 2 N–H and O–H groups in total. The molecule has 3 heterocycles. The van der Waals surface area contributed by atoms with Crippen LogP contribution in [0.3, 0.4) is 0 Å².